The first-order valence-corrected chi connectivity index (χ1v) is 6.87. The van der Waals surface area contributed by atoms with Gasteiger partial charge in [-0.3, -0.25) is 10.2 Å². The Balaban J connectivity index is 1.88. The van der Waals surface area contributed by atoms with Gasteiger partial charge in [0.05, 0.1) is 5.92 Å². The van der Waals surface area contributed by atoms with Crippen molar-refractivity contribution in [1.29, 1.82) is 5.41 Å². The van der Waals surface area contributed by atoms with Crippen LogP contribution in [0, 0.1) is 5.41 Å². The van der Waals surface area contributed by atoms with Crippen molar-refractivity contribution in [2.75, 3.05) is 11.9 Å². The number of esters is 1. The molecule has 2 N–H and O–H groups in total. The molecule has 5 heteroatoms. The second kappa shape index (κ2) is 5.81. The summed E-state index contributed by atoms with van der Waals surface area (Å²) in [5.41, 5.74) is 1.76. The van der Waals surface area contributed by atoms with Gasteiger partial charge < -0.3 is 10.1 Å². The number of nitrogens with one attached hydrogen (secondary N) is 2. The summed E-state index contributed by atoms with van der Waals surface area (Å²) >= 11 is 0. The number of rotatable bonds is 3. The van der Waals surface area contributed by atoms with Gasteiger partial charge in [0.15, 0.2) is 0 Å². The van der Waals surface area contributed by atoms with Gasteiger partial charge >= 0.3 is 5.97 Å². The van der Waals surface area contributed by atoms with Crippen LogP contribution in [0.4, 0.5) is 5.69 Å². The number of anilines is 1. The third kappa shape index (κ3) is 2.61. The molecule has 22 heavy (non-hydrogen) atoms. The average molecular weight is 294 g/mol. The second-order valence-electron chi connectivity index (χ2n) is 4.97. The first-order chi connectivity index (χ1) is 10.7. The second-order valence-corrected chi connectivity index (χ2v) is 4.97. The SMILES string of the molecule is N=C1C(=O)OC[C@@H]1c1ccccc1NC(=O)c1ccccc1. The predicted octanol–water partition coefficient (Wildman–Crippen LogP) is 2.60. The third-order valence-corrected chi connectivity index (χ3v) is 3.57. The zero-order valence-electron chi connectivity index (χ0n) is 11.7. The summed E-state index contributed by atoms with van der Waals surface area (Å²) in [6, 6.07) is 16.0. The topological polar surface area (TPSA) is 79.2 Å². The Morgan fingerprint density at radius 1 is 1.09 bits per heavy atom. The lowest BCUT2D eigenvalue weighted by atomic mass is 9.95. The zero-order chi connectivity index (χ0) is 15.5. The van der Waals surface area contributed by atoms with Crippen molar-refractivity contribution in [3.8, 4) is 0 Å². The van der Waals surface area contributed by atoms with Crippen molar-refractivity contribution >= 4 is 23.3 Å². The van der Waals surface area contributed by atoms with E-state index in [0.29, 0.717) is 16.8 Å². The summed E-state index contributed by atoms with van der Waals surface area (Å²) in [7, 11) is 0. The maximum Gasteiger partial charge on any atom is 0.352 e. The van der Waals surface area contributed by atoms with E-state index in [9.17, 15) is 9.59 Å². The van der Waals surface area contributed by atoms with E-state index in [1.54, 1.807) is 42.5 Å². The molecule has 1 aliphatic rings. The fourth-order valence-corrected chi connectivity index (χ4v) is 2.41. The first-order valence-electron chi connectivity index (χ1n) is 6.87. The Labute approximate surface area is 127 Å². The smallest absolute Gasteiger partial charge is 0.352 e. The van der Waals surface area contributed by atoms with Crippen molar-refractivity contribution in [3.05, 3.63) is 65.7 Å². The molecule has 0 aromatic heterocycles. The number of hydrogen-bond acceptors (Lipinski definition) is 4. The van der Waals surface area contributed by atoms with Crippen LogP contribution in [0.15, 0.2) is 54.6 Å². The normalized spacial score (nSPS) is 17.2. The number of benzene rings is 2. The van der Waals surface area contributed by atoms with Crippen molar-refractivity contribution in [1.82, 2.24) is 0 Å². The molecule has 2 aromatic rings. The minimum Gasteiger partial charge on any atom is -0.460 e. The molecule has 0 aliphatic carbocycles. The summed E-state index contributed by atoms with van der Waals surface area (Å²) < 4.78 is 4.90. The summed E-state index contributed by atoms with van der Waals surface area (Å²) in [4.78, 5) is 23.6. The molecule has 1 amide bonds. The van der Waals surface area contributed by atoms with Crippen LogP contribution in [0.25, 0.3) is 0 Å². The van der Waals surface area contributed by atoms with Gasteiger partial charge in [-0.05, 0) is 23.8 Å². The highest BCUT2D eigenvalue weighted by atomic mass is 16.5. The minimum atomic E-state index is -0.603. The van der Waals surface area contributed by atoms with Crippen LogP contribution in [0.1, 0.15) is 21.8 Å². The quantitative estimate of drug-likeness (QED) is 0.854. The Bertz CT molecular complexity index is 741. The number of cyclic esters (lactones) is 1. The van der Waals surface area contributed by atoms with Gasteiger partial charge in [-0.25, -0.2) is 4.79 Å². The third-order valence-electron chi connectivity index (χ3n) is 3.57. The van der Waals surface area contributed by atoms with Crippen LogP contribution in [-0.2, 0) is 9.53 Å². The molecule has 0 unspecified atom stereocenters. The van der Waals surface area contributed by atoms with Crippen LogP contribution in [0.2, 0.25) is 0 Å². The molecule has 0 spiro atoms. The first kappa shape index (κ1) is 14.0. The Hall–Kier alpha value is -2.95. The highest BCUT2D eigenvalue weighted by Crippen LogP contribution is 2.29. The lowest BCUT2D eigenvalue weighted by Crippen LogP contribution is -2.17. The number of hydrogen-bond donors (Lipinski definition) is 2. The maximum atomic E-state index is 12.3. The molecule has 1 saturated heterocycles. The van der Waals surface area contributed by atoms with Gasteiger partial charge in [0.2, 0.25) is 0 Å². The molecule has 5 nitrogen and oxygen atoms in total. The maximum absolute atomic E-state index is 12.3. The Morgan fingerprint density at radius 2 is 1.77 bits per heavy atom. The Kier molecular flexibility index (Phi) is 3.70. The molecule has 1 fully saturated rings. The van der Waals surface area contributed by atoms with Crippen LogP contribution in [0.3, 0.4) is 0 Å². The summed E-state index contributed by atoms with van der Waals surface area (Å²) in [5, 5.41) is 10.6. The van der Waals surface area contributed by atoms with Gasteiger partial charge in [0.1, 0.15) is 12.3 Å². The summed E-state index contributed by atoms with van der Waals surface area (Å²) in [6.07, 6.45) is 0. The molecule has 3 rings (SSSR count). The average Bonchev–Trinajstić information content (AvgIpc) is 2.88. The van der Waals surface area contributed by atoms with Gasteiger partial charge in [-0.1, -0.05) is 36.4 Å². The zero-order valence-corrected chi connectivity index (χ0v) is 11.7. The minimum absolute atomic E-state index is 0.0820. The van der Waals surface area contributed by atoms with Crippen molar-refractivity contribution in [2.45, 2.75) is 5.92 Å². The van der Waals surface area contributed by atoms with E-state index in [0.717, 1.165) is 0 Å². The van der Waals surface area contributed by atoms with Crippen molar-refractivity contribution in [2.24, 2.45) is 0 Å². The standard InChI is InChI=1S/C17H14N2O3/c18-15-13(10-22-17(15)21)12-8-4-5-9-14(12)19-16(20)11-6-2-1-3-7-11/h1-9,13,18H,10H2,(H,19,20)/t13-/m1/s1. The van der Waals surface area contributed by atoms with Crippen LogP contribution < -0.4 is 5.32 Å². The van der Waals surface area contributed by atoms with E-state index in [4.69, 9.17) is 10.1 Å². The van der Waals surface area contributed by atoms with Crippen LogP contribution in [0.5, 0.6) is 0 Å². The molecular formula is C17H14N2O3. The van der Waals surface area contributed by atoms with E-state index in [2.05, 4.69) is 5.32 Å². The van der Waals surface area contributed by atoms with E-state index in [-0.39, 0.29) is 18.2 Å². The summed E-state index contributed by atoms with van der Waals surface area (Å²) in [5.74, 6) is -1.28. The van der Waals surface area contributed by atoms with E-state index in [1.807, 2.05) is 12.1 Å². The fourth-order valence-electron chi connectivity index (χ4n) is 2.41. The molecule has 0 bridgehead atoms. The number of carbonyl (C=O) groups is 2. The molecule has 1 heterocycles. The number of ether oxygens (including phenoxy) is 1. The number of carbonyl (C=O) groups excluding carboxylic acids is 2. The van der Waals surface area contributed by atoms with Gasteiger partial charge in [0.25, 0.3) is 5.91 Å². The number of amides is 1. The highest BCUT2D eigenvalue weighted by molar-refractivity contribution is 6.39. The lowest BCUT2D eigenvalue weighted by Gasteiger charge is -2.14. The molecular weight excluding hydrogens is 280 g/mol. The van der Waals surface area contributed by atoms with Gasteiger partial charge in [-0.15, -0.1) is 0 Å². The van der Waals surface area contributed by atoms with Gasteiger partial charge in [-0.2, -0.15) is 0 Å². The van der Waals surface area contributed by atoms with Crippen LogP contribution >= 0.6 is 0 Å². The monoisotopic (exact) mass is 294 g/mol. The molecule has 2 aromatic carbocycles. The van der Waals surface area contributed by atoms with Crippen LogP contribution in [-0.4, -0.2) is 24.2 Å². The van der Waals surface area contributed by atoms with E-state index in [1.165, 1.54) is 0 Å². The molecule has 1 aliphatic heterocycles. The molecule has 0 saturated carbocycles. The lowest BCUT2D eigenvalue weighted by molar-refractivity contribution is -0.132. The molecule has 0 radical (unpaired) electrons. The molecule has 1 atom stereocenters. The van der Waals surface area contributed by atoms with E-state index < -0.39 is 11.9 Å². The van der Waals surface area contributed by atoms with E-state index >= 15 is 0 Å². The largest absolute Gasteiger partial charge is 0.460 e. The Morgan fingerprint density at radius 3 is 2.45 bits per heavy atom. The van der Waals surface area contributed by atoms with Crippen molar-refractivity contribution in [3.63, 3.8) is 0 Å². The van der Waals surface area contributed by atoms with Crippen molar-refractivity contribution < 1.29 is 14.3 Å². The number of para-hydroxylation sites is 1. The van der Waals surface area contributed by atoms with Gasteiger partial charge in [0, 0.05) is 11.3 Å². The summed E-state index contributed by atoms with van der Waals surface area (Å²) in [6.45, 7) is 0.135. The molecule has 110 valence electrons. The fraction of sp³-hybridized carbons (Fsp3) is 0.118. The predicted molar refractivity (Wildman–Crippen MR) is 82.3 cm³/mol. The highest BCUT2D eigenvalue weighted by Gasteiger charge is 2.33.